The van der Waals surface area contributed by atoms with Gasteiger partial charge < -0.3 is 9.47 Å². The van der Waals surface area contributed by atoms with Crippen molar-refractivity contribution in [3.63, 3.8) is 0 Å². The Morgan fingerprint density at radius 2 is 2.00 bits per heavy atom. The van der Waals surface area contributed by atoms with Crippen LogP contribution in [0.25, 0.3) is 0 Å². The smallest absolute Gasteiger partial charge is 0.306 e. The predicted octanol–water partition coefficient (Wildman–Crippen LogP) is 2.70. The highest BCUT2D eigenvalue weighted by Gasteiger charge is 2.15. The quantitative estimate of drug-likeness (QED) is 0.371. The molecule has 15 heavy (non-hydrogen) atoms. The normalized spacial score (nSPS) is 11.1. The van der Waals surface area contributed by atoms with Gasteiger partial charge in [0, 0.05) is 13.0 Å². The summed E-state index contributed by atoms with van der Waals surface area (Å²) in [4.78, 5) is 11.3. The standard InChI is InChI=1S/C12H22O3/c1-5-9-14-10-7-6-8-11(13)15-12(2,3)4/h5H,1,6-10H2,2-4H3. The highest BCUT2D eigenvalue weighted by atomic mass is 16.6. The van der Waals surface area contributed by atoms with E-state index in [1.807, 2.05) is 20.8 Å². The molecule has 0 radical (unpaired) electrons. The molecule has 0 N–H and O–H groups in total. The summed E-state index contributed by atoms with van der Waals surface area (Å²) in [7, 11) is 0. The molecule has 0 heterocycles. The Hall–Kier alpha value is -0.830. The molecule has 0 aliphatic heterocycles. The highest BCUT2D eigenvalue weighted by molar-refractivity contribution is 5.69. The van der Waals surface area contributed by atoms with Crippen molar-refractivity contribution in [2.24, 2.45) is 0 Å². The molecule has 0 saturated carbocycles. The third kappa shape index (κ3) is 11.1. The third-order valence-electron chi connectivity index (χ3n) is 1.58. The first-order valence-electron chi connectivity index (χ1n) is 5.36. The van der Waals surface area contributed by atoms with E-state index in [9.17, 15) is 4.79 Å². The Morgan fingerprint density at radius 1 is 1.33 bits per heavy atom. The first-order valence-corrected chi connectivity index (χ1v) is 5.36. The van der Waals surface area contributed by atoms with Crippen LogP contribution in [0.1, 0.15) is 40.0 Å². The van der Waals surface area contributed by atoms with Gasteiger partial charge in [-0.15, -0.1) is 6.58 Å². The average Bonchev–Trinajstić information content (AvgIpc) is 2.08. The highest BCUT2D eigenvalue weighted by Crippen LogP contribution is 2.09. The minimum atomic E-state index is -0.379. The molecular formula is C12H22O3. The van der Waals surface area contributed by atoms with Crippen LogP contribution in [-0.2, 0) is 14.3 Å². The lowest BCUT2D eigenvalue weighted by atomic mass is 10.2. The lowest BCUT2D eigenvalue weighted by Crippen LogP contribution is -2.23. The zero-order chi connectivity index (χ0) is 11.7. The molecule has 0 bridgehead atoms. The molecule has 0 rings (SSSR count). The van der Waals surface area contributed by atoms with Gasteiger partial charge in [-0.2, -0.15) is 0 Å². The lowest BCUT2D eigenvalue weighted by Gasteiger charge is -2.19. The maximum atomic E-state index is 11.3. The van der Waals surface area contributed by atoms with E-state index in [1.54, 1.807) is 6.08 Å². The summed E-state index contributed by atoms with van der Waals surface area (Å²) in [5.74, 6) is -0.133. The Balaban J connectivity index is 3.36. The van der Waals surface area contributed by atoms with Crippen LogP contribution >= 0.6 is 0 Å². The van der Waals surface area contributed by atoms with Crippen LogP contribution < -0.4 is 0 Å². The molecule has 0 fully saturated rings. The number of esters is 1. The van der Waals surface area contributed by atoms with E-state index >= 15 is 0 Å². The first kappa shape index (κ1) is 14.2. The Labute approximate surface area is 92.5 Å². The van der Waals surface area contributed by atoms with Crippen LogP contribution in [0.4, 0.5) is 0 Å². The molecule has 0 amide bonds. The molecule has 0 aromatic carbocycles. The maximum absolute atomic E-state index is 11.3. The summed E-state index contributed by atoms with van der Waals surface area (Å²) in [6.07, 6.45) is 3.88. The van der Waals surface area contributed by atoms with Gasteiger partial charge in [0.05, 0.1) is 6.61 Å². The summed E-state index contributed by atoms with van der Waals surface area (Å²) >= 11 is 0. The minimum Gasteiger partial charge on any atom is -0.460 e. The van der Waals surface area contributed by atoms with E-state index in [-0.39, 0.29) is 11.6 Å². The van der Waals surface area contributed by atoms with Crippen LogP contribution in [0.5, 0.6) is 0 Å². The first-order chi connectivity index (χ1) is 6.95. The van der Waals surface area contributed by atoms with Crippen molar-refractivity contribution < 1.29 is 14.3 Å². The molecule has 0 saturated heterocycles. The Bertz CT molecular complexity index is 192. The molecule has 88 valence electrons. The number of rotatable bonds is 7. The van der Waals surface area contributed by atoms with Gasteiger partial charge in [0.25, 0.3) is 0 Å². The molecule has 0 aliphatic carbocycles. The van der Waals surface area contributed by atoms with Crippen molar-refractivity contribution in [1.29, 1.82) is 0 Å². The number of carbonyl (C=O) groups is 1. The monoisotopic (exact) mass is 214 g/mol. The van der Waals surface area contributed by atoms with Gasteiger partial charge in [0.2, 0.25) is 0 Å². The molecular weight excluding hydrogens is 192 g/mol. The lowest BCUT2D eigenvalue weighted by molar-refractivity contribution is -0.154. The molecule has 0 spiro atoms. The second-order valence-electron chi connectivity index (χ2n) is 4.41. The van der Waals surface area contributed by atoms with Gasteiger partial charge in [-0.25, -0.2) is 0 Å². The summed E-state index contributed by atoms with van der Waals surface area (Å²) in [5.41, 5.74) is -0.379. The topological polar surface area (TPSA) is 35.5 Å². The zero-order valence-electron chi connectivity index (χ0n) is 10.0. The molecule has 0 aliphatic rings. The van der Waals surface area contributed by atoms with E-state index in [2.05, 4.69) is 6.58 Å². The van der Waals surface area contributed by atoms with Crippen molar-refractivity contribution in [2.45, 2.75) is 45.6 Å². The largest absolute Gasteiger partial charge is 0.460 e. The van der Waals surface area contributed by atoms with Crippen molar-refractivity contribution in [3.05, 3.63) is 12.7 Å². The zero-order valence-corrected chi connectivity index (χ0v) is 10.0. The van der Waals surface area contributed by atoms with E-state index in [4.69, 9.17) is 9.47 Å². The van der Waals surface area contributed by atoms with Gasteiger partial charge in [-0.1, -0.05) is 6.08 Å². The van der Waals surface area contributed by atoms with Crippen LogP contribution in [0.3, 0.4) is 0 Å². The predicted molar refractivity (Wildman–Crippen MR) is 60.7 cm³/mol. The Morgan fingerprint density at radius 3 is 2.53 bits per heavy atom. The molecule has 0 unspecified atom stereocenters. The fourth-order valence-corrected chi connectivity index (χ4v) is 1.03. The van der Waals surface area contributed by atoms with E-state index in [0.717, 1.165) is 12.8 Å². The average molecular weight is 214 g/mol. The van der Waals surface area contributed by atoms with Crippen LogP contribution in [0.15, 0.2) is 12.7 Å². The van der Waals surface area contributed by atoms with Crippen LogP contribution in [0.2, 0.25) is 0 Å². The third-order valence-corrected chi connectivity index (χ3v) is 1.58. The van der Waals surface area contributed by atoms with E-state index < -0.39 is 0 Å². The van der Waals surface area contributed by atoms with Gasteiger partial charge in [0.1, 0.15) is 5.60 Å². The second-order valence-corrected chi connectivity index (χ2v) is 4.41. The van der Waals surface area contributed by atoms with Crippen LogP contribution in [0, 0.1) is 0 Å². The van der Waals surface area contributed by atoms with Crippen molar-refractivity contribution >= 4 is 5.97 Å². The summed E-state index contributed by atoms with van der Waals surface area (Å²) in [6.45, 7) is 10.4. The van der Waals surface area contributed by atoms with Gasteiger partial charge in [-0.05, 0) is 33.6 Å². The number of hydrogen-bond acceptors (Lipinski definition) is 3. The van der Waals surface area contributed by atoms with Crippen LogP contribution in [-0.4, -0.2) is 24.8 Å². The molecule has 3 heteroatoms. The van der Waals surface area contributed by atoms with Crippen molar-refractivity contribution in [1.82, 2.24) is 0 Å². The van der Waals surface area contributed by atoms with Gasteiger partial charge in [0.15, 0.2) is 0 Å². The molecule has 0 aromatic rings. The SMILES string of the molecule is C=CCOCCCCC(=O)OC(C)(C)C. The van der Waals surface area contributed by atoms with E-state index in [1.165, 1.54) is 0 Å². The number of hydrogen-bond donors (Lipinski definition) is 0. The fourth-order valence-electron chi connectivity index (χ4n) is 1.03. The molecule has 0 atom stereocenters. The molecule has 0 aromatic heterocycles. The fraction of sp³-hybridized carbons (Fsp3) is 0.750. The van der Waals surface area contributed by atoms with Gasteiger partial charge >= 0.3 is 5.97 Å². The van der Waals surface area contributed by atoms with E-state index in [0.29, 0.717) is 19.6 Å². The second kappa shape index (κ2) is 7.46. The van der Waals surface area contributed by atoms with Crippen molar-refractivity contribution in [3.8, 4) is 0 Å². The van der Waals surface area contributed by atoms with Gasteiger partial charge in [-0.3, -0.25) is 4.79 Å². The summed E-state index contributed by atoms with van der Waals surface area (Å²) in [5, 5.41) is 0. The number of ether oxygens (including phenoxy) is 2. The number of carbonyl (C=O) groups excluding carboxylic acids is 1. The maximum Gasteiger partial charge on any atom is 0.306 e. The minimum absolute atomic E-state index is 0.133. The number of unbranched alkanes of at least 4 members (excludes halogenated alkanes) is 1. The van der Waals surface area contributed by atoms with Crippen molar-refractivity contribution in [2.75, 3.05) is 13.2 Å². The molecule has 3 nitrogen and oxygen atoms in total. The summed E-state index contributed by atoms with van der Waals surface area (Å²) in [6, 6.07) is 0. The Kier molecular flexibility index (Phi) is 7.05. The summed E-state index contributed by atoms with van der Waals surface area (Å²) < 4.78 is 10.4.